The first-order valence-electron chi connectivity index (χ1n) is 13.8. The Morgan fingerprint density at radius 2 is 1.63 bits per heavy atom. The molecule has 1 fully saturated rings. The smallest absolute Gasteiger partial charge is 0.317 e. The van der Waals surface area contributed by atoms with Gasteiger partial charge in [-0.2, -0.15) is 0 Å². The summed E-state index contributed by atoms with van der Waals surface area (Å²) in [6.45, 7) is 5.47. The lowest BCUT2D eigenvalue weighted by atomic mass is 10.1. The van der Waals surface area contributed by atoms with Crippen molar-refractivity contribution >= 4 is 63.4 Å². The number of nitrogens with zero attached hydrogens (tertiary/aromatic N) is 2. The summed E-state index contributed by atoms with van der Waals surface area (Å²) in [4.78, 5) is 42.8. The number of carbonyl (C=O) groups is 3. The van der Waals surface area contributed by atoms with Crippen molar-refractivity contribution in [1.29, 1.82) is 0 Å². The third kappa shape index (κ3) is 8.59. The van der Waals surface area contributed by atoms with Crippen molar-refractivity contribution < 1.29 is 14.4 Å². The number of anilines is 2. The average molecular weight is 688 g/mol. The van der Waals surface area contributed by atoms with Gasteiger partial charge in [-0.15, -0.1) is 0 Å². The molecule has 3 N–H and O–H groups in total. The Balaban J connectivity index is 1.54. The summed E-state index contributed by atoms with van der Waals surface area (Å²) in [5, 5.41) is 9.57. The minimum Gasteiger partial charge on any atom is -0.368 e. The van der Waals surface area contributed by atoms with Gasteiger partial charge in [-0.05, 0) is 73.4 Å². The quantitative estimate of drug-likeness (QED) is 0.198. The monoisotopic (exact) mass is 687 g/mol. The SMILES string of the molecule is CCNC(=O)N1CCCN(c2ccc(C(=O)NCCc3cccc(Cl)c3)cc2NC(=O)c2cccc(CI)c2)CC1. The predicted octanol–water partition coefficient (Wildman–Crippen LogP) is 5.74. The second-order valence-corrected chi connectivity index (χ2v) is 11.0. The number of hydrogen-bond donors (Lipinski definition) is 3. The van der Waals surface area contributed by atoms with E-state index in [1.807, 2.05) is 60.4 Å². The van der Waals surface area contributed by atoms with E-state index in [9.17, 15) is 14.4 Å². The third-order valence-corrected chi connectivity index (χ3v) is 8.01. The van der Waals surface area contributed by atoms with Crippen molar-refractivity contribution in [2.24, 2.45) is 0 Å². The molecule has 4 amide bonds. The van der Waals surface area contributed by atoms with Gasteiger partial charge in [0.2, 0.25) is 0 Å². The van der Waals surface area contributed by atoms with Gasteiger partial charge in [0.15, 0.2) is 0 Å². The molecule has 1 heterocycles. The highest BCUT2D eigenvalue weighted by molar-refractivity contribution is 14.1. The van der Waals surface area contributed by atoms with Crippen molar-refractivity contribution in [3.05, 3.63) is 94.0 Å². The first-order chi connectivity index (χ1) is 19.9. The Labute approximate surface area is 260 Å². The van der Waals surface area contributed by atoms with Gasteiger partial charge >= 0.3 is 6.03 Å². The molecule has 0 aromatic heterocycles. The van der Waals surface area contributed by atoms with Crippen LogP contribution in [0, 0.1) is 0 Å². The fourth-order valence-electron chi connectivity index (χ4n) is 4.78. The van der Waals surface area contributed by atoms with Gasteiger partial charge in [-0.3, -0.25) is 9.59 Å². The maximum absolute atomic E-state index is 13.3. The highest BCUT2D eigenvalue weighted by atomic mass is 127. The summed E-state index contributed by atoms with van der Waals surface area (Å²) in [7, 11) is 0. The molecule has 216 valence electrons. The molecule has 0 unspecified atom stereocenters. The second kappa shape index (κ2) is 15.1. The molecule has 1 aliphatic heterocycles. The normalized spacial score (nSPS) is 13.3. The molecule has 10 heteroatoms. The fourth-order valence-corrected chi connectivity index (χ4v) is 5.47. The van der Waals surface area contributed by atoms with Gasteiger partial charge < -0.3 is 25.8 Å². The van der Waals surface area contributed by atoms with Crippen LogP contribution >= 0.6 is 34.2 Å². The van der Waals surface area contributed by atoms with E-state index >= 15 is 0 Å². The number of amides is 4. The van der Waals surface area contributed by atoms with Crippen molar-refractivity contribution in [2.75, 3.05) is 49.5 Å². The van der Waals surface area contributed by atoms with E-state index in [0.29, 0.717) is 67.5 Å². The molecule has 0 saturated carbocycles. The first-order valence-corrected chi connectivity index (χ1v) is 15.7. The highest BCUT2D eigenvalue weighted by Gasteiger charge is 2.22. The molecule has 1 aliphatic rings. The average Bonchev–Trinajstić information content (AvgIpc) is 3.24. The van der Waals surface area contributed by atoms with E-state index < -0.39 is 0 Å². The van der Waals surface area contributed by atoms with Crippen LogP contribution in [0.1, 0.15) is 45.2 Å². The van der Waals surface area contributed by atoms with E-state index in [1.54, 1.807) is 18.2 Å². The molecule has 0 bridgehead atoms. The number of hydrogen-bond acceptors (Lipinski definition) is 4. The van der Waals surface area contributed by atoms with Crippen LogP contribution < -0.4 is 20.9 Å². The van der Waals surface area contributed by atoms with Crippen LogP contribution in [0.5, 0.6) is 0 Å². The van der Waals surface area contributed by atoms with E-state index in [-0.39, 0.29) is 17.8 Å². The molecular weight excluding hydrogens is 653 g/mol. The van der Waals surface area contributed by atoms with Gasteiger partial charge in [-0.1, -0.05) is 58.5 Å². The molecular formula is C31H35ClIN5O3. The molecule has 0 aliphatic carbocycles. The number of nitrogens with one attached hydrogen (secondary N) is 3. The third-order valence-electron chi connectivity index (χ3n) is 6.89. The summed E-state index contributed by atoms with van der Waals surface area (Å²) in [5.41, 5.74) is 4.48. The molecule has 4 rings (SSSR count). The second-order valence-electron chi connectivity index (χ2n) is 9.82. The molecule has 1 saturated heterocycles. The van der Waals surface area contributed by atoms with Crippen molar-refractivity contribution in [2.45, 2.75) is 24.2 Å². The zero-order valence-corrected chi connectivity index (χ0v) is 26.0. The lowest BCUT2D eigenvalue weighted by Crippen LogP contribution is -2.42. The molecule has 0 spiro atoms. The largest absolute Gasteiger partial charge is 0.368 e. The highest BCUT2D eigenvalue weighted by Crippen LogP contribution is 2.29. The van der Waals surface area contributed by atoms with Crippen LogP contribution in [0.3, 0.4) is 0 Å². The molecule has 3 aromatic carbocycles. The first kappa shape index (κ1) is 30.6. The van der Waals surface area contributed by atoms with Crippen molar-refractivity contribution in [3.8, 4) is 0 Å². The molecule has 3 aromatic rings. The zero-order valence-electron chi connectivity index (χ0n) is 23.1. The van der Waals surface area contributed by atoms with Gasteiger partial charge in [0.25, 0.3) is 11.8 Å². The fraction of sp³-hybridized carbons (Fsp3) is 0.323. The minimum atomic E-state index is -0.241. The molecule has 0 radical (unpaired) electrons. The van der Waals surface area contributed by atoms with Gasteiger partial charge in [0, 0.05) is 59.8 Å². The maximum Gasteiger partial charge on any atom is 0.317 e. The van der Waals surface area contributed by atoms with Crippen LogP contribution in [-0.2, 0) is 10.8 Å². The van der Waals surface area contributed by atoms with Gasteiger partial charge in [0.05, 0.1) is 11.4 Å². The Hall–Kier alpha value is -3.31. The van der Waals surface area contributed by atoms with Gasteiger partial charge in [0.1, 0.15) is 0 Å². The minimum absolute atomic E-state index is 0.0668. The maximum atomic E-state index is 13.3. The lowest BCUT2D eigenvalue weighted by molar-refractivity contribution is 0.0952. The Bertz CT molecular complexity index is 1390. The Kier molecular flexibility index (Phi) is 11.3. The Morgan fingerprint density at radius 3 is 2.41 bits per heavy atom. The summed E-state index contributed by atoms with van der Waals surface area (Å²) >= 11 is 8.35. The number of rotatable bonds is 9. The zero-order chi connectivity index (χ0) is 29.2. The van der Waals surface area contributed by atoms with E-state index in [2.05, 4.69) is 43.4 Å². The van der Waals surface area contributed by atoms with Crippen LogP contribution in [0.25, 0.3) is 0 Å². The van der Waals surface area contributed by atoms with Crippen LogP contribution in [0.15, 0.2) is 66.7 Å². The number of urea groups is 1. The number of halogens is 2. The van der Waals surface area contributed by atoms with Crippen molar-refractivity contribution in [3.63, 3.8) is 0 Å². The number of carbonyl (C=O) groups excluding carboxylic acids is 3. The van der Waals surface area contributed by atoms with Crippen LogP contribution in [0.4, 0.5) is 16.2 Å². The van der Waals surface area contributed by atoms with Gasteiger partial charge in [-0.25, -0.2) is 4.79 Å². The van der Waals surface area contributed by atoms with E-state index in [1.165, 1.54) is 0 Å². The van der Waals surface area contributed by atoms with Crippen LogP contribution in [0.2, 0.25) is 5.02 Å². The van der Waals surface area contributed by atoms with Crippen LogP contribution in [-0.4, -0.2) is 62.0 Å². The molecule has 8 nitrogen and oxygen atoms in total. The van der Waals surface area contributed by atoms with E-state index in [4.69, 9.17) is 11.6 Å². The number of alkyl halides is 1. The standard InChI is InChI=1S/C31H35ClIN5O3/c1-2-34-31(41)38-15-5-14-37(16-17-38)28-11-10-25(29(39)35-13-12-22-6-4-9-26(32)19-22)20-27(28)36-30(40)24-8-3-7-23(18-24)21-33/h3-4,6-11,18-20H,2,5,12-17,21H2,1H3,(H,34,41)(H,35,39)(H,36,40). The lowest BCUT2D eigenvalue weighted by Gasteiger charge is -2.26. The predicted molar refractivity (Wildman–Crippen MR) is 174 cm³/mol. The summed E-state index contributed by atoms with van der Waals surface area (Å²) < 4.78 is 0.796. The molecule has 0 atom stereocenters. The molecule has 41 heavy (non-hydrogen) atoms. The summed E-state index contributed by atoms with van der Waals surface area (Å²) in [6, 6.07) is 20.4. The number of benzene rings is 3. The van der Waals surface area contributed by atoms with E-state index in [0.717, 1.165) is 27.7 Å². The summed E-state index contributed by atoms with van der Waals surface area (Å²) in [6.07, 6.45) is 1.44. The summed E-state index contributed by atoms with van der Waals surface area (Å²) in [5.74, 6) is -0.463. The topological polar surface area (TPSA) is 93.8 Å². The Morgan fingerprint density at radius 1 is 0.854 bits per heavy atom. The van der Waals surface area contributed by atoms with Crippen molar-refractivity contribution in [1.82, 2.24) is 15.5 Å².